The molecule has 0 aliphatic carbocycles. The topological polar surface area (TPSA) is 78.4 Å². The summed E-state index contributed by atoms with van der Waals surface area (Å²) >= 11 is 1.87. The molecule has 0 aliphatic rings. The summed E-state index contributed by atoms with van der Waals surface area (Å²) in [5.74, 6) is 1.41. The van der Waals surface area contributed by atoms with E-state index in [2.05, 4.69) is 17.6 Å². The van der Waals surface area contributed by atoms with Crippen LogP contribution < -0.4 is 10.6 Å². The molecule has 2 amide bonds. The van der Waals surface area contributed by atoms with E-state index < -0.39 is 5.97 Å². The molecule has 0 spiro atoms. The van der Waals surface area contributed by atoms with E-state index in [4.69, 9.17) is 5.11 Å². The van der Waals surface area contributed by atoms with E-state index in [9.17, 15) is 9.59 Å². The van der Waals surface area contributed by atoms with Crippen LogP contribution in [0.4, 0.5) is 4.79 Å². The second-order valence-electron chi connectivity index (χ2n) is 4.49. The molecular formula is C13H26N2O3S. The zero-order valence-electron chi connectivity index (χ0n) is 11.9. The van der Waals surface area contributed by atoms with Gasteiger partial charge >= 0.3 is 12.0 Å². The Morgan fingerprint density at radius 3 is 2.63 bits per heavy atom. The molecule has 0 aromatic rings. The van der Waals surface area contributed by atoms with Gasteiger partial charge in [-0.2, -0.15) is 11.8 Å². The summed E-state index contributed by atoms with van der Waals surface area (Å²) in [6, 6.07) is 0.0540. The number of carboxylic acid groups (broad SMARTS) is 1. The number of carbonyl (C=O) groups excluding carboxylic acids is 1. The lowest BCUT2D eigenvalue weighted by atomic mass is 10.2. The quantitative estimate of drug-likeness (QED) is 0.511. The predicted octanol–water partition coefficient (Wildman–Crippen LogP) is 2.46. The Kier molecular flexibility index (Phi) is 11.6. The number of unbranched alkanes of at least 4 members (excludes halogenated alkanes) is 2. The van der Waals surface area contributed by atoms with E-state index in [0.29, 0.717) is 13.0 Å². The van der Waals surface area contributed by atoms with Gasteiger partial charge in [-0.1, -0.05) is 13.3 Å². The number of thioether (sulfide) groups is 1. The summed E-state index contributed by atoms with van der Waals surface area (Å²) in [6.45, 7) is 4.73. The Balaban J connectivity index is 3.40. The van der Waals surface area contributed by atoms with Crippen molar-refractivity contribution >= 4 is 23.8 Å². The number of amides is 2. The van der Waals surface area contributed by atoms with Gasteiger partial charge in [0.15, 0.2) is 0 Å². The minimum Gasteiger partial charge on any atom is -0.481 e. The fraction of sp³-hybridized carbons (Fsp3) is 0.846. The first kappa shape index (κ1) is 18.1. The van der Waals surface area contributed by atoms with Crippen LogP contribution in [0.25, 0.3) is 0 Å². The third-order valence-electron chi connectivity index (χ3n) is 2.63. The normalized spacial score (nSPS) is 11.9. The summed E-state index contributed by atoms with van der Waals surface area (Å²) in [5, 5.41) is 14.1. The molecule has 0 saturated carbocycles. The van der Waals surface area contributed by atoms with Crippen molar-refractivity contribution in [2.75, 3.05) is 18.1 Å². The van der Waals surface area contributed by atoms with Crippen LogP contribution in [0.15, 0.2) is 0 Å². The highest BCUT2D eigenvalue weighted by Gasteiger charge is 2.06. The van der Waals surface area contributed by atoms with Gasteiger partial charge in [0.2, 0.25) is 0 Å². The average molecular weight is 290 g/mol. The average Bonchev–Trinajstić information content (AvgIpc) is 2.33. The van der Waals surface area contributed by atoms with Crippen LogP contribution in [0.5, 0.6) is 0 Å². The molecule has 0 aliphatic heterocycles. The predicted molar refractivity (Wildman–Crippen MR) is 79.7 cm³/mol. The molecule has 6 heteroatoms. The number of hydrogen-bond donors (Lipinski definition) is 3. The van der Waals surface area contributed by atoms with E-state index in [1.165, 1.54) is 0 Å². The Morgan fingerprint density at radius 1 is 1.26 bits per heavy atom. The van der Waals surface area contributed by atoms with Gasteiger partial charge in [-0.25, -0.2) is 4.79 Å². The highest BCUT2D eigenvalue weighted by atomic mass is 32.2. The van der Waals surface area contributed by atoms with Crippen LogP contribution >= 0.6 is 11.8 Å². The van der Waals surface area contributed by atoms with Gasteiger partial charge in [-0.15, -0.1) is 0 Å². The van der Waals surface area contributed by atoms with Gasteiger partial charge < -0.3 is 15.7 Å². The lowest BCUT2D eigenvalue weighted by Crippen LogP contribution is -2.41. The van der Waals surface area contributed by atoms with E-state index in [-0.39, 0.29) is 18.5 Å². The lowest BCUT2D eigenvalue weighted by Gasteiger charge is -2.14. The summed E-state index contributed by atoms with van der Waals surface area (Å²) in [6.07, 6.45) is 3.50. The molecule has 5 nitrogen and oxygen atoms in total. The van der Waals surface area contributed by atoms with E-state index in [1.807, 2.05) is 18.7 Å². The van der Waals surface area contributed by atoms with Crippen LogP contribution in [-0.2, 0) is 4.79 Å². The van der Waals surface area contributed by atoms with Crippen molar-refractivity contribution in [3.05, 3.63) is 0 Å². The minimum absolute atomic E-state index is 0.132. The van der Waals surface area contributed by atoms with Gasteiger partial charge in [0.05, 0.1) is 0 Å². The zero-order chi connectivity index (χ0) is 14.5. The lowest BCUT2D eigenvalue weighted by molar-refractivity contribution is -0.137. The number of rotatable bonds is 11. The third-order valence-corrected chi connectivity index (χ3v) is 3.56. The first-order valence-electron chi connectivity index (χ1n) is 6.90. The molecule has 0 heterocycles. The summed E-state index contributed by atoms with van der Waals surface area (Å²) in [4.78, 5) is 21.8. The molecule has 0 aromatic carbocycles. The minimum atomic E-state index is -0.760. The molecular weight excluding hydrogens is 264 g/mol. The third kappa shape index (κ3) is 13.3. The van der Waals surface area contributed by atoms with Crippen LogP contribution in [0.1, 0.15) is 46.0 Å². The van der Waals surface area contributed by atoms with Crippen LogP contribution in [0, 0.1) is 0 Å². The second kappa shape index (κ2) is 12.1. The molecule has 0 aromatic heterocycles. The molecule has 19 heavy (non-hydrogen) atoms. The number of carbonyl (C=O) groups is 2. The maximum absolute atomic E-state index is 11.5. The Bertz CT molecular complexity index is 262. The maximum Gasteiger partial charge on any atom is 0.314 e. The molecule has 1 atom stereocenters. The molecule has 0 fully saturated rings. The Morgan fingerprint density at radius 2 is 2.00 bits per heavy atom. The number of urea groups is 1. The van der Waals surface area contributed by atoms with E-state index >= 15 is 0 Å². The highest BCUT2D eigenvalue weighted by Crippen LogP contribution is 2.03. The largest absolute Gasteiger partial charge is 0.481 e. The standard InChI is InChI=1S/C13H26N2O3S/c1-3-19-10-8-11(2)15-13(18)14-9-6-4-5-7-12(16)17/h11H,3-10H2,1-2H3,(H,16,17)(H2,14,15,18). The van der Waals surface area contributed by atoms with Crippen molar-refractivity contribution < 1.29 is 14.7 Å². The van der Waals surface area contributed by atoms with Gasteiger partial charge in [-0.3, -0.25) is 4.79 Å². The van der Waals surface area contributed by atoms with Crippen molar-refractivity contribution in [2.45, 2.75) is 52.0 Å². The molecule has 0 radical (unpaired) electrons. The fourth-order valence-corrected chi connectivity index (χ4v) is 2.34. The summed E-state index contributed by atoms with van der Waals surface area (Å²) in [5.41, 5.74) is 0. The van der Waals surface area contributed by atoms with Crippen molar-refractivity contribution in [1.82, 2.24) is 10.6 Å². The van der Waals surface area contributed by atoms with Crippen LogP contribution in [-0.4, -0.2) is 41.2 Å². The highest BCUT2D eigenvalue weighted by molar-refractivity contribution is 7.99. The zero-order valence-corrected chi connectivity index (χ0v) is 12.7. The first-order chi connectivity index (χ1) is 9.06. The maximum atomic E-state index is 11.5. The van der Waals surface area contributed by atoms with Crippen LogP contribution in [0.3, 0.4) is 0 Å². The van der Waals surface area contributed by atoms with Crippen LogP contribution in [0.2, 0.25) is 0 Å². The van der Waals surface area contributed by atoms with Gasteiger partial charge in [0.1, 0.15) is 0 Å². The van der Waals surface area contributed by atoms with Crippen molar-refractivity contribution in [2.24, 2.45) is 0 Å². The monoisotopic (exact) mass is 290 g/mol. The fourth-order valence-electron chi connectivity index (χ4n) is 1.53. The Hall–Kier alpha value is -0.910. The molecule has 0 rings (SSSR count). The first-order valence-corrected chi connectivity index (χ1v) is 8.05. The number of carboxylic acids is 1. The second-order valence-corrected chi connectivity index (χ2v) is 5.89. The number of nitrogens with one attached hydrogen (secondary N) is 2. The van der Waals surface area contributed by atoms with Crippen molar-refractivity contribution in [1.29, 1.82) is 0 Å². The Labute approximate surface area is 119 Å². The van der Waals surface area contributed by atoms with Gasteiger partial charge in [0.25, 0.3) is 0 Å². The van der Waals surface area contributed by atoms with Crippen molar-refractivity contribution in [3.63, 3.8) is 0 Å². The van der Waals surface area contributed by atoms with E-state index in [1.54, 1.807) is 0 Å². The van der Waals surface area contributed by atoms with Crippen molar-refractivity contribution in [3.8, 4) is 0 Å². The summed E-state index contributed by atoms with van der Waals surface area (Å²) < 4.78 is 0. The van der Waals surface area contributed by atoms with Gasteiger partial charge in [-0.05, 0) is 37.7 Å². The molecule has 3 N–H and O–H groups in total. The number of aliphatic carboxylic acids is 1. The molecule has 0 saturated heterocycles. The smallest absolute Gasteiger partial charge is 0.314 e. The number of hydrogen-bond acceptors (Lipinski definition) is 3. The molecule has 0 bridgehead atoms. The summed E-state index contributed by atoms with van der Waals surface area (Å²) in [7, 11) is 0. The molecule has 112 valence electrons. The molecule has 1 unspecified atom stereocenters. The van der Waals surface area contributed by atoms with Gasteiger partial charge in [0, 0.05) is 19.0 Å². The van der Waals surface area contributed by atoms with E-state index in [0.717, 1.165) is 30.8 Å². The SMILES string of the molecule is CCSCCC(C)NC(=O)NCCCCCC(=O)O.